The van der Waals surface area contributed by atoms with Crippen LogP contribution in [-0.4, -0.2) is 29.4 Å². The number of benzene rings is 1. The van der Waals surface area contributed by atoms with Crippen LogP contribution in [0.2, 0.25) is 0 Å². The van der Waals surface area contributed by atoms with Crippen molar-refractivity contribution >= 4 is 5.91 Å². The first kappa shape index (κ1) is 15.0. The van der Waals surface area contributed by atoms with Gasteiger partial charge in [0, 0.05) is 12.6 Å². The summed E-state index contributed by atoms with van der Waals surface area (Å²) in [6.07, 6.45) is 4.31. The maximum absolute atomic E-state index is 12.8. The average molecular weight is 274 g/mol. The quantitative estimate of drug-likeness (QED) is 0.895. The van der Waals surface area contributed by atoms with Crippen LogP contribution >= 0.6 is 0 Å². The summed E-state index contributed by atoms with van der Waals surface area (Å²) in [5.74, 6) is 0.267. The van der Waals surface area contributed by atoms with E-state index in [1.807, 2.05) is 23.1 Å². The van der Waals surface area contributed by atoms with Gasteiger partial charge in [-0.3, -0.25) is 4.79 Å². The Hall–Kier alpha value is -1.35. The van der Waals surface area contributed by atoms with Crippen molar-refractivity contribution in [3.8, 4) is 0 Å². The molecule has 0 radical (unpaired) electrons. The van der Waals surface area contributed by atoms with Crippen LogP contribution in [0.15, 0.2) is 30.3 Å². The molecule has 2 atom stereocenters. The molecule has 1 amide bonds. The van der Waals surface area contributed by atoms with Gasteiger partial charge < -0.3 is 10.2 Å². The Bertz CT molecular complexity index is 412. The summed E-state index contributed by atoms with van der Waals surface area (Å²) in [4.78, 5) is 14.8. The lowest BCUT2D eigenvalue weighted by Crippen LogP contribution is -2.50. The van der Waals surface area contributed by atoms with Crippen LogP contribution in [0.5, 0.6) is 0 Å². The Labute approximate surface area is 122 Å². The summed E-state index contributed by atoms with van der Waals surface area (Å²) in [7, 11) is 0. The second-order valence-corrected chi connectivity index (χ2v) is 5.71. The van der Waals surface area contributed by atoms with Gasteiger partial charge in [0.25, 0.3) is 0 Å². The van der Waals surface area contributed by atoms with E-state index < -0.39 is 0 Å². The van der Waals surface area contributed by atoms with Gasteiger partial charge in [0.05, 0.1) is 6.04 Å². The molecule has 20 heavy (non-hydrogen) atoms. The topological polar surface area (TPSA) is 32.3 Å². The van der Waals surface area contributed by atoms with Crippen molar-refractivity contribution < 1.29 is 4.79 Å². The molecule has 1 aliphatic heterocycles. The third-order valence-corrected chi connectivity index (χ3v) is 4.21. The highest BCUT2D eigenvalue weighted by Gasteiger charge is 2.28. The predicted molar refractivity (Wildman–Crippen MR) is 82.4 cm³/mol. The highest BCUT2D eigenvalue weighted by Crippen LogP contribution is 2.16. The first-order chi connectivity index (χ1) is 9.72. The molecule has 1 saturated heterocycles. The van der Waals surface area contributed by atoms with Gasteiger partial charge in [-0.05, 0) is 38.3 Å². The average Bonchev–Trinajstić information content (AvgIpc) is 2.53. The number of carbonyl (C=O) groups is 1. The Morgan fingerprint density at radius 3 is 2.70 bits per heavy atom. The van der Waals surface area contributed by atoms with Crippen LogP contribution < -0.4 is 5.32 Å². The monoisotopic (exact) mass is 274 g/mol. The Kier molecular flexibility index (Phi) is 5.60. The summed E-state index contributed by atoms with van der Waals surface area (Å²) < 4.78 is 0. The fourth-order valence-electron chi connectivity index (χ4n) is 2.71. The number of hydrogen-bond acceptors (Lipinski definition) is 2. The molecule has 110 valence electrons. The van der Waals surface area contributed by atoms with Crippen molar-refractivity contribution in [2.24, 2.45) is 0 Å². The summed E-state index contributed by atoms with van der Waals surface area (Å²) >= 11 is 0. The van der Waals surface area contributed by atoms with E-state index in [-0.39, 0.29) is 18.0 Å². The van der Waals surface area contributed by atoms with Crippen molar-refractivity contribution in [1.82, 2.24) is 10.2 Å². The number of rotatable bonds is 5. The lowest BCUT2D eigenvalue weighted by Gasteiger charge is -2.34. The molecule has 1 aromatic rings. The smallest absolute Gasteiger partial charge is 0.240 e. The molecule has 0 aromatic heterocycles. The highest BCUT2D eigenvalue weighted by molar-refractivity contribution is 5.82. The molecule has 0 spiro atoms. The molecule has 1 aliphatic rings. The third kappa shape index (κ3) is 3.83. The molecule has 3 nitrogen and oxygen atoms in total. The van der Waals surface area contributed by atoms with Gasteiger partial charge in [-0.1, -0.05) is 43.7 Å². The van der Waals surface area contributed by atoms with Crippen LogP contribution in [-0.2, 0) is 11.3 Å². The summed E-state index contributed by atoms with van der Waals surface area (Å²) in [6.45, 7) is 5.97. The standard InChI is InChI=1S/C17H26N2O/c1-3-14(2)19(13-15-9-5-4-6-10-15)17(20)16-11-7-8-12-18-16/h4-6,9-10,14,16,18H,3,7-8,11-13H2,1-2H3. The molecule has 2 unspecified atom stereocenters. The molecule has 0 aliphatic carbocycles. The van der Waals surface area contributed by atoms with Crippen LogP contribution in [0.4, 0.5) is 0 Å². The van der Waals surface area contributed by atoms with E-state index in [1.54, 1.807) is 0 Å². The van der Waals surface area contributed by atoms with Gasteiger partial charge in [0.15, 0.2) is 0 Å². The maximum Gasteiger partial charge on any atom is 0.240 e. The van der Waals surface area contributed by atoms with Crippen molar-refractivity contribution in [1.29, 1.82) is 0 Å². The molecule has 1 aromatic carbocycles. The molecule has 0 saturated carbocycles. The summed E-state index contributed by atoms with van der Waals surface area (Å²) in [6, 6.07) is 10.6. The molecule has 3 heteroatoms. The number of nitrogens with one attached hydrogen (secondary N) is 1. The van der Waals surface area contributed by atoms with E-state index in [9.17, 15) is 4.79 Å². The fourth-order valence-corrected chi connectivity index (χ4v) is 2.71. The van der Waals surface area contributed by atoms with E-state index in [0.717, 1.165) is 25.8 Å². The minimum absolute atomic E-state index is 0.0152. The van der Waals surface area contributed by atoms with Crippen molar-refractivity contribution in [2.75, 3.05) is 6.54 Å². The summed E-state index contributed by atoms with van der Waals surface area (Å²) in [5.41, 5.74) is 1.21. The number of amides is 1. The van der Waals surface area contributed by atoms with Gasteiger partial charge in [0.1, 0.15) is 0 Å². The molecular formula is C17H26N2O. The SMILES string of the molecule is CCC(C)N(Cc1ccccc1)C(=O)C1CCCCN1. The van der Waals surface area contributed by atoms with Crippen molar-refractivity contribution in [3.05, 3.63) is 35.9 Å². The Balaban J connectivity index is 2.08. The van der Waals surface area contributed by atoms with Crippen LogP contribution in [0.3, 0.4) is 0 Å². The lowest BCUT2D eigenvalue weighted by molar-refractivity contribution is -0.136. The zero-order chi connectivity index (χ0) is 14.4. The summed E-state index contributed by atoms with van der Waals surface area (Å²) in [5, 5.41) is 3.37. The predicted octanol–water partition coefficient (Wildman–Crippen LogP) is 2.96. The van der Waals surface area contributed by atoms with Gasteiger partial charge in [-0.25, -0.2) is 0 Å². The molecule has 2 rings (SSSR count). The second kappa shape index (κ2) is 7.44. The maximum atomic E-state index is 12.8. The van der Waals surface area contributed by atoms with Gasteiger partial charge in [-0.2, -0.15) is 0 Å². The highest BCUT2D eigenvalue weighted by atomic mass is 16.2. The van der Waals surface area contributed by atoms with Gasteiger partial charge in [0.2, 0.25) is 5.91 Å². The van der Waals surface area contributed by atoms with Crippen LogP contribution in [0.25, 0.3) is 0 Å². The third-order valence-electron chi connectivity index (χ3n) is 4.21. The van der Waals surface area contributed by atoms with Crippen molar-refractivity contribution in [3.63, 3.8) is 0 Å². The first-order valence-corrected chi connectivity index (χ1v) is 7.80. The number of carbonyl (C=O) groups excluding carboxylic acids is 1. The number of piperidine rings is 1. The van der Waals surface area contributed by atoms with Gasteiger partial charge >= 0.3 is 0 Å². The van der Waals surface area contributed by atoms with Crippen molar-refractivity contribution in [2.45, 2.75) is 58.2 Å². The zero-order valence-electron chi connectivity index (χ0n) is 12.6. The Morgan fingerprint density at radius 1 is 1.35 bits per heavy atom. The number of hydrogen-bond donors (Lipinski definition) is 1. The van der Waals surface area contributed by atoms with E-state index in [2.05, 4.69) is 31.3 Å². The van der Waals surface area contributed by atoms with E-state index in [1.165, 1.54) is 12.0 Å². The minimum Gasteiger partial charge on any atom is -0.334 e. The van der Waals surface area contributed by atoms with E-state index in [0.29, 0.717) is 6.54 Å². The van der Waals surface area contributed by atoms with E-state index in [4.69, 9.17) is 0 Å². The molecule has 1 N–H and O–H groups in total. The molecular weight excluding hydrogens is 248 g/mol. The van der Waals surface area contributed by atoms with Gasteiger partial charge in [-0.15, -0.1) is 0 Å². The number of nitrogens with zero attached hydrogens (tertiary/aromatic N) is 1. The largest absolute Gasteiger partial charge is 0.334 e. The molecule has 1 fully saturated rings. The van der Waals surface area contributed by atoms with E-state index >= 15 is 0 Å². The Morgan fingerprint density at radius 2 is 2.10 bits per heavy atom. The second-order valence-electron chi connectivity index (χ2n) is 5.71. The first-order valence-electron chi connectivity index (χ1n) is 7.80. The fraction of sp³-hybridized carbons (Fsp3) is 0.588. The zero-order valence-corrected chi connectivity index (χ0v) is 12.6. The van der Waals surface area contributed by atoms with Crippen LogP contribution in [0.1, 0.15) is 45.1 Å². The molecule has 1 heterocycles. The normalized spacial score (nSPS) is 20.4. The molecule has 0 bridgehead atoms. The minimum atomic E-state index is 0.0152. The lowest BCUT2D eigenvalue weighted by atomic mass is 10.0. The van der Waals surface area contributed by atoms with Crippen LogP contribution in [0, 0.1) is 0 Å².